The van der Waals surface area contributed by atoms with Crippen molar-refractivity contribution in [1.29, 1.82) is 0 Å². The van der Waals surface area contributed by atoms with Crippen molar-refractivity contribution in [2.24, 2.45) is 17.1 Å². The molecule has 100 valence electrons. The van der Waals surface area contributed by atoms with Crippen LogP contribution >= 0.6 is 0 Å². The van der Waals surface area contributed by atoms with Gasteiger partial charge in [0.25, 0.3) is 0 Å². The molecule has 0 aromatic heterocycles. The summed E-state index contributed by atoms with van der Waals surface area (Å²) in [7, 11) is 0. The van der Waals surface area contributed by atoms with Crippen LogP contribution < -0.4 is 11.1 Å². The van der Waals surface area contributed by atoms with Crippen LogP contribution in [0.5, 0.6) is 0 Å². The van der Waals surface area contributed by atoms with Crippen LogP contribution in [0.4, 0.5) is 0 Å². The van der Waals surface area contributed by atoms with Gasteiger partial charge in [-0.05, 0) is 38.0 Å². The Morgan fingerprint density at radius 2 is 1.82 bits per heavy atom. The summed E-state index contributed by atoms with van der Waals surface area (Å²) in [5, 5.41) is 3.17. The highest BCUT2D eigenvalue weighted by Gasteiger charge is 2.31. The molecule has 0 aromatic carbocycles. The summed E-state index contributed by atoms with van der Waals surface area (Å²) in [6.07, 6.45) is 4.02. The van der Waals surface area contributed by atoms with Crippen molar-refractivity contribution in [2.75, 3.05) is 0 Å². The molecule has 0 bridgehead atoms. The maximum absolute atomic E-state index is 12.1. The van der Waals surface area contributed by atoms with E-state index in [1.807, 2.05) is 6.92 Å². The molecule has 1 aliphatic carbocycles. The highest BCUT2D eigenvalue weighted by Crippen LogP contribution is 2.28. The van der Waals surface area contributed by atoms with E-state index in [9.17, 15) is 4.79 Å². The summed E-state index contributed by atoms with van der Waals surface area (Å²) < 4.78 is 0. The lowest BCUT2D eigenvalue weighted by atomic mass is 9.79. The molecule has 17 heavy (non-hydrogen) atoms. The van der Waals surface area contributed by atoms with Gasteiger partial charge in [0.05, 0.1) is 0 Å². The minimum Gasteiger partial charge on any atom is -0.353 e. The van der Waals surface area contributed by atoms with Gasteiger partial charge in [-0.25, -0.2) is 0 Å². The maximum Gasteiger partial charge on any atom is 0.223 e. The van der Waals surface area contributed by atoms with E-state index in [0.29, 0.717) is 6.04 Å². The van der Waals surface area contributed by atoms with E-state index in [4.69, 9.17) is 5.73 Å². The molecular weight excluding hydrogens is 212 g/mol. The first kappa shape index (κ1) is 14.5. The van der Waals surface area contributed by atoms with E-state index in [0.717, 1.165) is 25.7 Å². The van der Waals surface area contributed by atoms with E-state index in [1.54, 1.807) is 0 Å². The fraction of sp³-hybridized carbons (Fsp3) is 0.929. The van der Waals surface area contributed by atoms with Crippen LogP contribution in [0.2, 0.25) is 0 Å². The van der Waals surface area contributed by atoms with Gasteiger partial charge in [-0.1, -0.05) is 27.7 Å². The van der Waals surface area contributed by atoms with Crippen molar-refractivity contribution < 1.29 is 4.79 Å². The number of hydrogen-bond donors (Lipinski definition) is 2. The van der Waals surface area contributed by atoms with Gasteiger partial charge in [0.1, 0.15) is 0 Å². The lowest BCUT2D eigenvalue weighted by molar-refractivity contribution is -0.128. The molecule has 0 aliphatic heterocycles. The Morgan fingerprint density at radius 3 is 2.24 bits per heavy atom. The smallest absolute Gasteiger partial charge is 0.223 e. The summed E-state index contributed by atoms with van der Waals surface area (Å²) in [5.41, 5.74) is 6.09. The Bertz CT molecular complexity index is 268. The van der Waals surface area contributed by atoms with Crippen LogP contribution in [0.1, 0.15) is 60.3 Å². The van der Waals surface area contributed by atoms with Crippen molar-refractivity contribution in [2.45, 2.75) is 71.9 Å². The van der Waals surface area contributed by atoms with Crippen LogP contribution in [0.15, 0.2) is 0 Å². The predicted octanol–water partition coefficient (Wildman–Crippen LogP) is 2.44. The zero-order valence-electron chi connectivity index (χ0n) is 12.0. The molecule has 1 atom stereocenters. The van der Waals surface area contributed by atoms with Gasteiger partial charge in [-0.2, -0.15) is 0 Å². The van der Waals surface area contributed by atoms with Crippen LogP contribution in [-0.2, 0) is 4.79 Å². The average molecular weight is 240 g/mol. The topological polar surface area (TPSA) is 55.1 Å². The summed E-state index contributed by atoms with van der Waals surface area (Å²) >= 11 is 0. The molecule has 1 saturated carbocycles. The zero-order chi connectivity index (χ0) is 13.3. The van der Waals surface area contributed by atoms with Crippen molar-refractivity contribution in [1.82, 2.24) is 5.32 Å². The third-order valence-electron chi connectivity index (χ3n) is 4.17. The van der Waals surface area contributed by atoms with E-state index in [-0.39, 0.29) is 22.8 Å². The van der Waals surface area contributed by atoms with Crippen LogP contribution in [0.3, 0.4) is 0 Å². The van der Waals surface area contributed by atoms with E-state index >= 15 is 0 Å². The lowest BCUT2D eigenvalue weighted by Gasteiger charge is -2.36. The second-order valence-corrected chi connectivity index (χ2v) is 7.02. The van der Waals surface area contributed by atoms with Crippen molar-refractivity contribution in [3.8, 4) is 0 Å². The van der Waals surface area contributed by atoms with Crippen molar-refractivity contribution in [3.63, 3.8) is 0 Å². The number of hydrogen-bond acceptors (Lipinski definition) is 2. The molecule has 0 heterocycles. The van der Waals surface area contributed by atoms with Gasteiger partial charge >= 0.3 is 0 Å². The number of amides is 1. The van der Waals surface area contributed by atoms with Crippen LogP contribution in [-0.4, -0.2) is 17.5 Å². The molecule has 1 amide bonds. The SMILES string of the molecule is CC(C(=O)NC1CCC(C)(N)CC1)C(C)(C)C. The number of carbonyl (C=O) groups excluding carboxylic acids is 1. The molecule has 1 fully saturated rings. The quantitative estimate of drug-likeness (QED) is 0.779. The first-order chi connectivity index (χ1) is 7.62. The summed E-state index contributed by atoms with van der Waals surface area (Å²) in [6, 6.07) is 0.323. The van der Waals surface area contributed by atoms with Crippen molar-refractivity contribution in [3.05, 3.63) is 0 Å². The molecule has 3 heteroatoms. The molecule has 1 unspecified atom stereocenters. The standard InChI is InChI=1S/C14H28N2O/c1-10(13(2,3)4)12(17)16-11-6-8-14(5,15)9-7-11/h10-11H,6-9,15H2,1-5H3,(H,16,17). The summed E-state index contributed by atoms with van der Waals surface area (Å²) in [5.74, 6) is 0.233. The van der Waals surface area contributed by atoms with Crippen molar-refractivity contribution >= 4 is 5.91 Å². The maximum atomic E-state index is 12.1. The van der Waals surface area contributed by atoms with E-state index < -0.39 is 0 Å². The predicted molar refractivity (Wildman–Crippen MR) is 71.6 cm³/mol. The van der Waals surface area contributed by atoms with Gasteiger partial charge in [0.15, 0.2) is 0 Å². The van der Waals surface area contributed by atoms with Gasteiger partial charge in [-0.3, -0.25) is 4.79 Å². The van der Waals surface area contributed by atoms with Crippen LogP contribution in [0.25, 0.3) is 0 Å². The minimum absolute atomic E-state index is 0.0289. The highest BCUT2D eigenvalue weighted by atomic mass is 16.1. The summed E-state index contributed by atoms with van der Waals surface area (Å²) in [6.45, 7) is 10.4. The molecule has 0 saturated heterocycles. The molecular formula is C14H28N2O. The normalized spacial score (nSPS) is 32.0. The molecule has 0 aromatic rings. The van der Waals surface area contributed by atoms with Gasteiger partial charge < -0.3 is 11.1 Å². The molecule has 3 nitrogen and oxygen atoms in total. The number of nitrogens with two attached hydrogens (primary N) is 1. The Labute approximate surface area is 106 Å². The lowest BCUT2D eigenvalue weighted by Crippen LogP contribution is -2.48. The van der Waals surface area contributed by atoms with Crippen LogP contribution in [0, 0.1) is 11.3 Å². The summed E-state index contributed by atoms with van der Waals surface area (Å²) in [4.78, 5) is 12.1. The number of carbonyl (C=O) groups is 1. The monoisotopic (exact) mass is 240 g/mol. The third kappa shape index (κ3) is 4.30. The highest BCUT2D eigenvalue weighted by molar-refractivity contribution is 5.79. The third-order valence-corrected chi connectivity index (χ3v) is 4.17. The minimum atomic E-state index is -0.0309. The first-order valence-corrected chi connectivity index (χ1v) is 6.71. The molecule has 0 spiro atoms. The Hall–Kier alpha value is -0.570. The number of nitrogens with one attached hydrogen (secondary N) is 1. The fourth-order valence-corrected chi connectivity index (χ4v) is 2.14. The number of rotatable bonds is 2. The molecule has 1 rings (SSSR count). The van der Waals surface area contributed by atoms with Gasteiger partial charge in [0, 0.05) is 17.5 Å². The second-order valence-electron chi connectivity index (χ2n) is 7.02. The first-order valence-electron chi connectivity index (χ1n) is 6.71. The van der Waals surface area contributed by atoms with Gasteiger partial charge in [0.2, 0.25) is 5.91 Å². The van der Waals surface area contributed by atoms with Gasteiger partial charge in [-0.15, -0.1) is 0 Å². The average Bonchev–Trinajstić information content (AvgIpc) is 2.18. The zero-order valence-corrected chi connectivity index (χ0v) is 12.0. The van der Waals surface area contributed by atoms with E-state index in [2.05, 4.69) is 33.0 Å². The molecule has 0 radical (unpaired) electrons. The fourth-order valence-electron chi connectivity index (χ4n) is 2.14. The van der Waals surface area contributed by atoms with E-state index in [1.165, 1.54) is 0 Å². The Kier molecular flexibility index (Phi) is 4.23. The second kappa shape index (κ2) is 4.97. The Balaban J connectivity index is 2.43. The Morgan fingerprint density at radius 1 is 1.35 bits per heavy atom. The largest absolute Gasteiger partial charge is 0.353 e. The molecule has 3 N–H and O–H groups in total. The molecule has 1 aliphatic rings.